The van der Waals surface area contributed by atoms with Crippen molar-refractivity contribution >= 4 is 22.4 Å². The first kappa shape index (κ1) is 12.4. The van der Waals surface area contributed by atoms with Gasteiger partial charge < -0.3 is 10.0 Å². The summed E-state index contributed by atoms with van der Waals surface area (Å²) in [7, 11) is 0. The van der Waals surface area contributed by atoms with Gasteiger partial charge in [-0.15, -0.1) is 0 Å². The van der Waals surface area contributed by atoms with Crippen LogP contribution < -0.4 is 4.90 Å². The van der Waals surface area contributed by atoms with Crippen LogP contribution >= 0.6 is 11.3 Å². The van der Waals surface area contributed by atoms with Crippen molar-refractivity contribution in [2.24, 2.45) is 5.92 Å². The second-order valence-electron chi connectivity index (χ2n) is 4.55. The molecular weight excluding hydrogens is 236 g/mol. The number of carbonyl (C=O) groups is 1. The molecule has 1 saturated carbocycles. The molecule has 0 aliphatic heterocycles. The molecule has 1 aromatic heterocycles. The fraction of sp³-hybridized carbons (Fsp3) is 0.667. The van der Waals surface area contributed by atoms with E-state index in [1.54, 1.807) is 6.92 Å². The van der Waals surface area contributed by atoms with Crippen LogP contribution in [0.1, 0.15) is 41.6 Å². The van der Waals surface area contributed by atoms with Crippen LogP contribution in [0.15, 0.2) is 0 Å². The lowest BCUT2D eigenvalue weighted by atomic mass is 9.85. The van der Waals surface area contributed by atoms with Crippen molar-refractivity contribution < 1.29 is 9.90 Å². The van der Waals surface area contributed by atoms with Crippen molar-refractivity contribution in [1.29, 1.82) is 0 Å². The lowest BCUT2D eigenvalue weighted by Crippen LogP contribution is -2.32. The van der Waals surface area contributed by atoms with E-state index in [0.717, 1.165) is 24.1 Å². The zero-order valence-electron chi connectivity index (χ0n) is 10.3. The molecule has 0 saturated heterocycles. The predicted octanol–water partition coefficient (Wildman–Crippen LogP) is 2.78. The van der Waals surface area contributed by atoms with E-state index in [0.29, 0.717) is 10.6 Å². The number of carboxylic acids is 1. The summed E-state index contributed by atoms with van der Waals surface area (Å²) in [6.07, 6.45) is 3.93. The molecule has 0 bridgehead atoms. The highest BCUT2D eigenvalue weighted by Crippen LogP contribution is 2.31. The minimum absolute atomic E-state index is 0.368. The highest BCUT2D eigenvalue weighted by atomic mass is 32.1. The summed E-state index contributed by atoms with van der Waals surface area (Å²) in [5, 5.41) is 9.88. The highest BCUT2D eigenvalue weighted by Gasteiger charge is 2.23. The van der Waals surface area contributed by atoms with Gasteiger partial charge in [-0.05, 0) is 32.6 Å². The van der Waals surface area contributed by atoms with Gasteiger partial charge in [0.25, 0.3) is 0 Å². The van der Waals surface area contributed by atoms with E-state index in [-0.39, 0.29) is 0 Å². The lowest BCUT2D eigenvalue weighted by Gasteiger charge is -2.31. The maximum atomic E-state index is 11.0. The summed E-state index contributed by atoms with van der Waals surface area (Å²) in [4.78, 5) is 17.9. The molecule has 0 spiro atoms. The second kappa shape index (κ2) is 5.04. The van der Waals surface area contributed by atoms with Crippen LogP contribution in [0.5, 0.6) is 0 Å². The normalized spacial score (nSPS) is 15.6. The number of nitrogens with zero attached hydrogens (tertiary/aromatic N) is 2. The van der Waals surface area contributed by atoms with Crippen molar-refractivity contribution in [3.05, 3.63) is 10.6 Å². The van der Waals surface area contributed by atoms with Crippen molar-refractivity contribution in [3.8, 4) is 0 Å². The Labute approximate surface area is 105 Å². The first-order valence-electron chi connectivity index (χ1n) is 6.07. The van der Waals surface area contributed by atoms with E-state index in [1.807, 2.05) is 0 Å². The molecule has 4 nitrogen and oxygen atoms in total. The Morgan fingerprint density at radius 2 is 2.29 bits per heavy atom. The number of aromatic carboxylic acids is 1. The van der Waals surface area contributed by atoms with Crippen molar-refractivity contribution in [3.63, 3.8) is 0 Å². The van der Waals surface area contributed by atoms with Crippen LogP contribution in [0.25, 0.3) is 0 Å². The van der Waals surface area contributed by atoms with Crippen molar-refractivity contribution in [1.82, 2.24) is 4.98 Å². The minimum atomic E-state index is -0.869. The predicted molar refractivity (Wildman–Crippen MR) is 69.0 cm³/mol. The van der Waals surface area contributed by atoms with Gasteiger partial charge in [0.2, 0.25) is 0 Å². The molecule has 1 aliphatic rings. The number of carboxylic acid groups (broad SMARTS) is 1. The summed E-state index contributed by atoms with van der Waals surface area (Å²) < 4.78 is 0. The number of hydrogen-bond acceptors (Lipinski definition) is 4. The van der Waals surface area contributed by atoms with E-state index >= 15 is 0 Å². The maximum absolute atomic E-state index is 11.0. The Morgan fingerprint density at radius 3 is 2.71 bits per heavy atom. The Morgan fingerprint density at radius 1 is 1.59 bits per heavy atom. The quantitative estimate of drug-likeness (QED) is 0.878. The zero-order valence-corrected chi connectivity index (χ0v) is 11.1. The Hall–Kier alpha value is -1.10. The van der Waals surface area contributed by atoms with Crippen molar-refractivity contribution in [2.75, 3.05) is 18.0 Å². The lowest BCUT2D eigenvalue weighted by molar-refractivity contribution is 0.0701. The average molecular weight is 254 g/mol. The van der Waals surface area contributed by atoms with E-state index < -0.39 is 5.97 Å². The maximum Gasteiger partial charge on any atom is 0.347 e. The van der Waals surface area contributed by atoms with Gasteiger partial charge in [0, 0.05) is 13.1 Å². The largest absolute Gasteiger partial charge is 0.477 e. The monoisotopic (exact) mass is 254 g/mol. The first-order valence-corrected chi connectivity index (χ1v) is 6.89. The third-order valence-corrected chi connectivity index (χ3v) is 4.54. The van der Waals surface area contributed by atoms with E-state index in [1.165, 1.54) is 30.6 Å². The average Bonchev–Trinajstić information content (AvgIpc) is 2.59. The summed E-state index contributed by atoms with van der Waals surface area (Å²) in [5.41, 5.74) is 0.629. The summed E-state index contributed by atoms with van der Waals surface area (Å²) in [6, 6.07) is 0. The third-order valence-electron chi connectivity index (χ3n) is 3.34. The molecule has 17 heavy (non-hydrogen) atoms. The molecule has 1 heterocycles. The third kappa shape index (κ3) is 2.60. The van der Waals surface area contributed by atoms with E-state index in [2.05, 4.69) is 16.8 Å². The van der Waals surface area contributed by atoms with Gasteiger partial charge in [-0.3, -0.25) is 0 Å². The molecule has 94 valence electrons. The molecule has 1 aromatic rings. The minimum Gasteiger partial charge on any atom is -0.477 e. The van der Waals surface area contributed by atoms with Crippen LogP contribution in [-0.2, 0) is 0 Å². The van der Waals surface area contributed by atoms with Gasteiger partial charge in [-0.25, -0.2) is 9.78 Å². The highest BCUT2D eigenvalue weighted by molar-refractivity contribution is 7.17. The van der Waals surface area contributed by atoms with Crippen LogP contribution in [0, 0.1) is 12.8 Å². The standard InChI is InChI=1S/C12H18N2O2S/c1-3-14(7-9-5-4-6-9)12-13-8(2)10(17-12)11(15)16/h9H,3-7H2,1-2H3,(H,15,16). The van der Waals surface area contributed by atoms with Crippen LogP contribution in [0.2, 0.25) is 0 Å². The van der Waals surface area contributed by atoms with Gasteiger partial charge in [-0.2, -0.15) is 0 Å². The van der Waals surface area contributed by atoms with Crippen LogP contribution in [0.3, 0.4) is 0 Å². The summed E-state index contributed by atoms with van der Waals surface area (Å²) >= 11 is 1.29. The molecule has 0 aromatic carbocycles. The van der Waals surface area contributed by atoms with Gasteiger partial charge in [0.1, 0.15) is 4.88 Å². The van der Waals surface area contributed by atoms with Crippen LogP contribution in [0.4, 0.5) is 5.13 Å². The van der Waals surface area contributed by atoms with Crippen molar-refractivity contribution in [2.45, 2.75) is 33.1 Å². The number of aryl methyl sites for hydroxylation is 1. The van der Waals surface area contributed by atoms with Gasteiger partial charge in [0.15, 0.2) is 5.13 Å². The summed E-state index contributed by atoms with van der Waals surface area (Å²) in [6.45, 7) is 5.77. The smallest absolute Gasteiger partial charge is 0.347 e. The number of aromatic nitrogens is 1. The molecular formula is C12H18N2O2S. The zero-order chi connectivity index (χ0) is 12.4. The summed E-state index contributed by atoms with van der Waals surface area (Å²) in [5.74, 6) is -0.0987. The van der Waals surface area contributed by atoms with Gasteiger partial charge in [0.05, 0.1) is 5.69 Å². The molecule has 2 rings (SSSR count). The molecule has 0 radical (unpaired) electrons. The van der Waals surface area contributed by atoms with E-state index in [9.17, 15) is 4.79 Å². The van der Waals surface area contributed by atoms with Gasteiger partial charge in [-0.1, -0.05) is 17.8 Å². The SMILES string of the molecule is CCN(CC1CCC1)c1nc(C)c(C(=O)O)s1. The second-order valence-corrected chi connectivity index (χ2v) is 5.53. The molecule has 1 fully saturated rings. The van der Waals surface area contributed by atoms with Crippen LogP contribution in [-0.4, -0.2) is 29.1 Å². The molecule has 0 unspecified atom stereocenters. The molecule has 1 aliphatic carbocycles. The molecule has 1 N–H and O–H groups in total. The number of hydrogen-bond donors (Lipinski definition) is 1. The Kier molecular flexibility index (Phi) is 3.66. The Bertz CT molecular complexity index is 413. The topological polar surface area (TPSA) is 53.4 Å². The Balaban J connectivity index is 2.12. The fourth-order valence-electron chi connectivity index (χ4n) is 2.05. The molecule has 5 heteroatoms. The molecule has 0 amide bonds. The number of thiazole rings is 1. The van der Waals surface area contributed by atoms with Gasteiger partial charge >= 0.3 is 5.97 Å². The molecule has 0 atom stereocenters. The van der Waals surface area contributed by atoms with E-state index in [4.69, 9.17) is 5.11 Å². The number of anilines is 1. The first-order chi connectivity index (χ1) is 8.11. The number of rotatable bonds is 5. The fourth-order valence-corrected chi connectivity index (χ4v) is 3.02.